The van der Waals surface area contributed by atoms with Crippen molar-refractivity contribution in [3.05, 3.63) is 23.2 Å². The zero-order valence-electron chi connectivity index (χ0n) is 15.4. The average Bonchev–Trinajstić information content (AvgIpc) is 3.23. The van der Waals surface area contributed by atoms with Crippen molar-refractivity contribution in [2.75, 3.05) is 23.3 Å². The first kappa shape index (κ1) is 16.9. The summed E-state index contributed by atoms with van der Waals surface area (Å²) in [6.07, 6.45) is 4.18. The van der Waals surface area contributed by atoms with Gasteiger partial charge in [0.15, 0.2) is 11.6 Å². The lowest BCUT2D eigenvalue weighted by Gasteiger charge is -2.33. The summed E-state index contributed by atoms with van der Waals surface area (Å²) in [6.45, 7) is 3.63. The number of hydrogen-bond acceptors (Lipinski definition) is 7. The van der Waals surface area contributed by atoms with Gasteiger partial charge in [0, 0.05) is 30.8 Å². The summed E-state index contributed by atoms with van der Waals surface area (Å²) < 4.78 is 1.05. The van der Waals surface area contributed by atoms with Crippen LogP contribution < -0.4 is 10.2 Å². The average molecular weight is 385 g/mol. The number of aliphatic hydroxyl groups excluding tert-OH is 1. The molecule has 3 aromatic heterocycles. The molecule has 1 saturated carbocycles. The van der Waals surface area contributed by atoms with Crippen LogP contribution in [0, 0.1) is 5.92 Å². The number of aromatic amines is 1. The maximum atomic E-state index is 9.83. The van der Waals surface area contributed by atoms with Gasteiger partial charge in [-0.15, -0.1) is 11.3 Å². The number of fused-ring (bicyclic) bond motifs is 1. The van der Waals surface area contributed by atoms with Crippen LogP contribution in [0.5, 0.6) is 0 Å². The van der Waals surface area contributed by atoms with Gasteiger partial charge in [-0.2, -0.15) is 10.1 Å². The Morgan fingerprint density at radius 3 is 2.81 bits per heavy atom. The second-order valence-electron chi connectivity index (χ2n) is 7.68. The van der Waals surface area contributed by atoms with E-state index in [4.69, 9.17) is 9.97 Å². The third-order valence-electron chi connectivity index (χ3n) is 5.66. The minimum Gasteiger partial charge on any atom is -0.393 e. The predicted octanol–water partition coefficient (Wildman–Crippen LogP) is 3.63. The molecular formula is C19H24N6OS. The van der Waals surface area contributed by atoms with Gasteiger partial charge < -0.3 is 15.3 Å². The lowest BCUT2D eigenvalue weighted by Crippen LogP contribution is -2.38. The summed E-state index contributed by atoms with van der Waals surface area (Å²) in [5.74, 6) is 3.39. The Hall–Kier alpha value is -2.19. The van der Waals surface area contributed by atoms with E-state index in [1.165, 1.54) is 18.5 Å². The van der Waals surface area contributed by atoms with E-state index in [-0.39, 0.29) is 6.10 Å². The van der Waals surface area contributed by atoms with Crippen LogP contribution in [-0.4, -0.2) is 44.5 Å². The summed E-state index contributed by atoms with van der Waals surface area (Å²) in [6, 6.07) is 4.13. The first-order valence-electron chi connectivity index (χ1n) is 9.68. The number of nitrogens with one attached hydrogen (secondary N) is 2. The van der Waals surface area contributed by atoms with Crippen molar-refractivity contribution in [3.63, 3.8) is 0 Å². The Labute approximate surface area is 161 Å². The number of anilines is 3. The number of hydrogen-bond donors (Lipinski definition) is 3. The smallest absolute Gasteiger partial charge is 0.227 e. The maximum absolute atomic E-state index is 9.83. The normalized spacial score (nSPS) is 19.6. The van der Waals surface area contributed by atoms with Crippen molar-refractivity contribution < 1.29 is 5.11 Å². The number of aliphatic hydroxyl groups is 1. The van der Waals surface area contributed by atoms with Crippen molar-refractivity contribution in [1.82, 2.24) is 20.2 Å². The molecule has 0 radical (unpaired) electrons. The topological polar surface area (TPSA) is 90.0 Å². The van der Waals surface area contributed by atoms with E-state index in [9.17, 15) is 5.11 Å². The second-order valence-corrected chi connectivity index (χ2v) is 8.60. The third kappa shape index (κ3) is 3.39. The number of H-pyrrole nitrogens is 1. The quantitative estimate of drug-likeness (QED) is 0.622. The van der Waals surface area contributed by atoms with Crippen molar-refractivity contribution in [2.24, 2.45) is 5.92 Å². The summed E-state index contributed by atoms with van der Waals surface area (Å²) in [7, 11) is 0. The number of piperidine rings is 1. The van der Waals surface area contributed by atoms with Crippen molar-refractivity contribution >= 4 is 39.1 Å². The molecule has 1 aliphatic heterocycles. The molecule has 0 unspecified atom stereocenters. The number of rotatable bonds is 5. The van der Waals surface area contributed by atoms with Gasteiger partial charge in [0.05, 0.1) is 16.3 Å². The molecule has 8 heteroatoms. The van der Waals surface area contributed by atoms with E-state index < -0.39 is 0 Å². The molecule has 7 nitrogen and oxygen atoms in total. The van der Waals surface area contributed by atoms with E-state index in [2.05, 4.69) is 26.5 Å². The Morgan fingerprint density at radius 2 is 2.07 bits per heavy atom. The van der Waals surface area contributed by atoms with E-state index >= 15 is 0 Å². The molecule has 1 saturated heterocycles. The summed E-state index contributed by atoms with van der Waals surface area (Å²) in [5, 5.41) is 22.8. The van der Waals surface area contributed by atoms with E-state index in [0.717, 1.165) is 53.7 Å². The first-order valence-corrected chi connectivity index (χ1v) is 10.6. The van der Waals surface area contributed by atoms with Crippen molar-refractivity contribution in [3.8, 4) is 0 Å². The van der Waals surface area contributed by atoms with Crippen LogP contribution >= 0.6 is 11.3 Å². The molecule has 0 amide bonds. The minimum absolute atomic E-state index is 0.245. The largest absolute Gasteiger partial charge is 0.393 e. The molecular weight excluding hydrogens is 360 g/mol. The first-order chi connectivity index (χ1) is 13.2. The zero-order chi connectivity index (χ0) is 18.4. The van der Waals surface area contributed by atoms with E-state index in [1.54, 1.807) is 11.3 Å². The molecule has 5 rings (SSSR count). The molecule has 0 spiro atoms. The highest BCUT2D eigenvalue weighted by Crippen LogP contribution is 2.40. The molecule has 1 aliphatic carbocycles. The monoisotopic (exact) mass is 384 g/mol. The van der Waals surface area contributed by atoms with Gasteiger partial charge in [-0.25, -0.2) is 4.98 Å². The molecule has 2 aliphatic rings. The highest BCUT2D eigenvalue weighted by Gasteiger charge is 2.27. The fourth-order valence-electron chi connectivity index (χ4n) is 3.78. The van der Waals surface area contributed by atoms with Gasteiger partial charge in [-0.05, 0) is 50.0 Å². The van der Waals surface area contributed by atoms with Gasteiger partial charge in [-0.3, -0.25) is 5.10 Å². The molecule has 3 N–H and O–H groups in total. The highest BCUT2D eigenvalue weighted by molar-refractivity contribution is 7.17. The molecule has 27 heavy (non-hydrogen) atoms. The summed E-state index contributed by atoms with van der Waals surface area (Å²) in [4.78, 5) is 11.8. The van der Waals surface area contributed by atoms with Crippen LogP contribution in [0.25, 0.3) is 10.2 Å². The highest BCUT2D eigenvalue weighted by atomic mass is 32.1. The minimum atomic E-state index is -0.245. The van der Waals surface area contributed by atoms with E-state index in [1.807, 2.05) is 18.4 Å². The van der Waals surface area contributed by atoms with Crippen LogP contribution in [0.1, 0.15) is 44.2 Å². The van der Waals surface area contributed by atoms with Crippen LogP contribution in [-0.2, 0) is 0 Å². The predicted molar refractivity (Wildman–Crippen MR) is 108 cm³/mol. The molecule has 1 atom stereocenters. The Balaban J connectivity index is 1.41. The fraction of sp³-hybridized carbons (Fsp3) is 0.526. The van der Waals surface area contributed by atoms with Crippen LogP contribution in [0.15, 0.2) is 17.5 Å². The Morgan fingerprint density at radius 1 is 1.26 bits per heavy atom. The third-order valence-corrected chi connectivity index (χ3v) is 6.57. The standard InChI is InChI=1S/C19H24N6OS/c1-11(26)12-4-7-25(8-5-12)19-20-14-6-9-27-17(14)18(22-19)21-16-10-15(23-24-16)13-2-3-13/h6,9-13,26H,2-5,7-8H2,1H3,(H2,20,21,22,23,24)/t11-/m0/s1. The number of thiophene rings is 1. The molecule has 0 bridgehead atoms. The number of nitrogens with zero attached hydrogens (tertiary/aromatic N) is 4. The zero-order valence-corrected chi connectivity index (χ0v) is 16.2. The van der Waals surface area contributed by atoms with Gasteiger partial charge in [0.1, 0.15) is 0 Å². The second kappa shape index (κ2) is 6.76. The molecule has 0 aromatic carbocycles. The fourth-order valence-corrected chi connectivity index (χ4v) is 4.56. The summed E-state index contributed by atoms with van der Waals surface area (Å²) >= 11 is 1.64. The maximum Gasteiger partial charge on any atom is 0.227 e. The molecule has 142 valence electrons. The van der Waals surface area contributed by atoms with Crippen molar-refractivity contribution in [1.29, 1.82) is 0 Å². The number of aromatic nitrogens is 4. The van der Waals surface area contributed by atoms with Crippen LogP contribution in [0.2, 0.25) is 0 Å². The molecule has 2 fully saturated rings. The van der Waals surface area contributed by atoms with Crippen LogP contribution in [0.3, 0.4) is 0 Å². The van der Waals surface area contributed by atoms with Gasteiger partial charge in [0.2, 0.25) is 5.95 Å². The van der Waals surface area contributed by atoms with Crippen molar-refractivity contribution in [2.45, 2.75) is 44.6 Å². The lowest BCUT2D eigenvalue weighted by molar-refractivity contribution is 0.109. The van der Waals surface area contributed by atoms with Gasteiger partial charge in [-0.1, -0.05) is 0 Å². The van der Waals surface area contributed by atoms with Gasteiger partial charge in [0.25, 0.3) is 0 Å². The SMILES string of the molecule is C[C@H](O)C1CCN(c2nc(Nc3cc(C4CC4)[nH]n3)c3sccc3n2)CC1. The molecule has 4 heterocycles. The lowest BCUT2D eigenvalue weighted by atomic mass is 9.92. The van der Waals surface area contributed by atoms with E-state index in [0.29, 0.717) is 11.8 Å². The van der Waals surface area contributed by atoms with Gasteiger partial charge >= 0.3 is 0 Å². The Bertz CT molecular complexity index is 939. The summed E-state index contributed by atoms with van der Waals surface area (Å²) in [5.41, 5.74) is 2.16. The van der Waals surface area contributed by atoms with Crippen LogP contribution in [0.4, 0.5) is 17.6 Å². The molecule has 3 aromatic rings. The Kier molecular flexibility index (Phi) is 4.24.